The lowest BCUT2D eigenvalue weighted by Gasteiger charge is -2.28. The third-order valence-corrected chi connectivity index (χ3v) is 11.2. The molecule has 3 nitrogen and oxygen atoms in total. The lowest BCUT2D eigenvalue weighted by atomic mass is 9.98. The number of anilines is 3. The molecule has 11 rings (SSSR count). The Labute approximate surface area is 290 Å². The molecule has 0 aliphatic rings. The Balaban J connectivity index is 1.24. The molecule has 0 saturated carbocycles. The van der Waals surface area contributed by atoms with Crippen LogP contribution in [0.4, 0.5) is 17.1 Å². The molecule has 234 valence electrons. The Morgan fingerprint density at radius 3 is 2.04 bits per heavy atom. The summed E-state index contributed by atoms with van der Waals surface area (Å²) in [6.07, 6.45) is 0. The molecule has 0 radical (unpaired) electrons. The van der Waals surface area contributed by atoms with E-state index in [1.807, 2.05) is 23.5 Å². The summed E-state index contributed by atoms with van der Waals surface area (Å²) in [6, 6.07) is 58.3. The van der Waals surface area contributed by atoms with Gasteiger partial charge in [0, 0.05) is 47.3 Å². The monoisotopic (exact) mass is 657 g/mol. The Morgan fingerprint density at radius 2 is 1.08 bits per heavy atom. The molecule has 0 unspecified atom stereocenters. The predicted molar refractivity (Wildman–Crippen MR) is 212 cm³/mol. The molecule has 11 aromatic rings. The molecule has 0 fully saturated rings. The SMILES string of the molecule is c1ccc(N(c2cccc3c2oc2ccccc23)c2cccc3oc4c5ccccc5ccc4c23)c(-c2ccc3sc4ccccc4c3c2)c1. The Bertz CT molecular complexity index is 3130. The summed E-state index contributed by atoms with van der Waals surface area (Å²) >= 11 is 1.84. The van der Waals surface area contributed by atoms with Crippen molar-refractivity contribution < 1.29 is 8.83 Å². The van der Waals surface area contributed by atoms with Gasteiger partial charge in [-0.15, -0.1) is 11.3 Å². The van der Waals surface area contributed by atoms with E-state index in [-0.39, 0.29) is 0 Å². The standard InChI is InChI=1S/C46H27NO2S/c1-2-13-31-28(11-1)23-25-35-44-38(18-10-21-41(44)49-45(31)35)47(39-19-9-16-34-32-14-4-7-20-40(32)48-46(34)39)37-17-6-3-12-30(37)29-24-26-43-36(27-29)33-15-5-8-22-42(33)50-43/h1-27H. The van der Waals surface area contributed by atoms with Crippen LogP contribution in [0.2, 0.25) is 0 Å². The van der Waals surface area contributed by atoms with Crippen LogP contribution in [0.1, 0.15) is 0 Å². The van der Waals surface area contributed by atoms with Gasteiger partial charge >= 0.3 is 0 Å². The molecule has 3 aromatic heterocycles. The summed E-state index contributed by atoms with van der Waals surface area (Å²) in [5, 5.41) is 9.17. The minimum atomic E-state index is 0.845. The number of rotatable bonds is 4. The Kier molecular flexibility index (Phi) is 5.83. The van der Waals surface area contributed by atoms with Gasteiger partial charge in [-0.05, 0) is 65.5 Å². The summed E-state index contributed by atoms with van der Waals surface area (Å²) in [7, 11) is 0. The first-order valence-electron chi connectivity index (χ1n) is 16.8. The van der Waals surface area contributed by atoms with Gasteiger partial charge in [0.15, 0.2) is 5.58 Å². The third-order valence-electron chi connectivity index (χ3n) is 10.1. The van der Waals surface area contributed by atoms with E-state index in [2.05, 4.69) is 157 Å². The predicted octanol–water partition coefficient (Wildman–Crippen LogP) is 14.1. The van der Waals surface area contributed by atoms with Crippen molar-refractivity contribution >= 4 is 103 Å². The van der Waals surface area contributed by atoms with Crippen molar-refractivity contribution in [2.75, 3.05) is 4.90 Å². The first-order valence-corrected chi connectivity index (χ1v) is 17.7. The van der Waals surface area contributed by atoms with E-state index in [0.717, 1.165) is 82.8 Å². The van der Waals surface area contributed by atoms with Crippen LogP contribution >= 0.6 is 11.3 Å². The van der Waals surface area contributed by atoms with Crippen LogP contribution in [0.15, 0.2) is 173 Å². The zero-order chi connectivity index (χ0) is 32.8. The van der Waals surface area contributed by atoms with E-state index in [1.54, 1.807) is 0 Å². The molecule has 0 saturated heterocycles. The summed E-state index contributed by atoms with van der Waals surface area (Å²) in [6.45, 7) is 0. The van der Waals surface area contributed by atoms with Gasteiger partial charge in [0.25, 0.3) is 0 Å². The third kappa shape index (κ3) is 3.97. The lowest BCUT2D eigenvalue weighted by Crippen LogP contribution is -2.12. The summed E-state index contributed by atoms with van der Waals surface area (Å²) in [4.78, 5) is 2.38. The van der Waals surface area contributed by atoms with Crippen molar-refractivity contribution in [3.8, 4) is 11.1 Å². The van der Waals surface area contributed by atoms with E-state index in [0.29, 0.717) is 0 Å². The lowest BCUT2D eigenvalue weighted by molar-refractivity contribution is 0.669. The summed E-state index contributed by atoms with van der Waals surface area (Å²) < 4.78 is 16.0. The van der Waals surface area contributed by atoms with Gasteiger partial charge in [0.05, 0.1) is 22.4 Å². The number of hydrogen-bond donors (Lipinski definition) is 0. The van der Waals surface area contributed by atoms with Gasteiger partial charge in [-0.3, -0.25) is 0 Å². The smallest absolute Gasteiger partial charge is 0.159 e. The minimum absolute atomic E-state index is 0.845. The van der Waals surface area contributed by atoms with Gasteiger partial charge < -0.3 is 13.7 Å². The molecule has 4 heteroatoms. The molecule has 0 N–H and O–H groups in total. The highest BCUT2D eigenvalue weighted by atomic mass is 32.1. The topological polar surface area (TPSA) is 29.5 Å². The van der Waals surface area contributed by atoms with Crippen LogP contribution in [0, 0.1) is 0 Å². The van der Waals surface area contributed by atoms with Crippen molar-refractivity contribution in [1.82, 2.24) is 0 Å². The maximum Gasteiger partial charge on any atom is 0.159 e. The van der Waals surface area contributed by atoms with E-state index in [1.165, 1.54) is 20.2 Å². The van der Waals surface area contributed by atoms with Crippen LogP contribution in [-0.4, -0.2) is 0 Å². The number of fused-ring (bicyclic) bond motifs is 11. The number of nitrogens with zero attached hydrogens (tertiary/aromatic N) is 1. The van der Waals surface area contributed by atoms with Crippen molar-refractivity contribution in [3.63, 3.8) is 0 Å². The van der Waals surface area contributed by atoms with Gasteiger partial charge in [-0.1, -0.05) is 109 Å². The van der Waals surface area contributed by atoms with Crippen LogP contribution in [0.25, 0.3) is 85.9 Å². The molecule has 50 heavy (non-hydrogen) atoms. The highest BCUT2D eigenvalue weighted by Gasteiger charge is 2.25. The fourth-order valence-electron chi connectivity index (χ4n) is 7.83. The highest BCUT2D eigenvalue weighted by molar-refractivity contribution is 7.25. The molecular weight excluding hydrogens is 631 g/mol. The van der Waals surface area contributed by atoms with Crippen molar-refractivity contribution in [2.45, 2.75) is 0 Å². The van der Waals surface area contributed by atoms with Crippen molar-refractivity contribution in [3.05, 3.63) is 164 Å². The Hall–Kier alpha value is -6.36. The van der Waals surface area contributed by atoms with E-state index in [9.17, 15) is 0 Å². The average molecular weight is 658 g/mol. The number of furan rings is 2. The molecule has 0 aliphatic carbocycles. The van der Waals surface area contributed by atoms with Crippen molar-refractivity contribution in [2.24, 2.45) is 0 Å². The highest BCUT2D eigenvalue weighted by Crippen LogP contribution is 2.49. The molecule has 0 spiro atoms. The second-order valence-electron chi connectivity index (χ2n) is 12.8. The summed E-state index contributed by atoms with van der Waals surface area (Å²) in [5.74, 6) is 0. The maximum absolute atomic E-state index is 6.72. The molecule has 0 aliphatic heterocycles. The van der Waals surface area contributed by atoms with Crippen molar-refractivity contribution in [1.29, 1.82) is 0 Å². The molecule has 0 bridgehead atoms. The average Bonchev–Trinajstić information content (AvgIpc) is 3.87. The van der Waals surface area contributed by atoms with Gasteiger partial charge in [-0.25, -0.2) is 0 Å². The van der Waals surface area contributed by atoms with Crippen LogP contribution < -0.4 is 4.90 Å². The molecular formula is C46H27NO2S. The number of hydrogen-bond acceptors (Lipinski definition) is 4. The quantitative estimate of drug-likeness (QED) is 0.189. The van der Waals surface area contributed by atoms with E-state index >= 15 is 0 Å². The number of benzene rings is 8. The van der Waals surface area contributed by atoms with Crippen LogP contribution in [0.5, 0.6) is 0 Å². The van der Waals surface area contributed by atoms with Crippen LogP contribution in [0.3, 0.4) is 0 Å². The fraction of sp³-hybridized carbons (Fsp3) is 0. The van der Waals surface area contributed by atoms with Gasteiger partial charge in [0.2, 0.25) is 0 Å². The molecule has 0 amide bonds. The fourth-order valence-corrected chi connectivity index (χ4v) is 8.91. The minimum Gasteiger partial charge on any atom is -0.455 e. The maximum atomic E-state index is 6.72. The molecule has 0 atom stereocenters. The second kappa shape index (κ2) is 10.6. The number of thiophene rings is 1. The first kappa shape index (κ1) is 27.6. The largest absolute Gasteiger partial charge is 0.455 e. The summed E-state index contributed by atoms with van der Waals surface area (Å²) in [5.41, 5.74) is 8.81. The second-order valence-corrected chi connectivity index (χ2v) is 13.9. The van der Waals surface area contributed by atoms with Crippen LogP contribution in [-0.2, 0) is 0 Å². The molecule has 3 heterocycles. The zero-order valence-corrected chi connectivity index (χ0v) is 27.6. The number of para-hydroxylation sites is 3. The van der Waals surface area contributed by atoms with E-state index in [4.69, 9.17) is 8.83 Å². The normalized spacial score (nSPS) is 12.0. The zero-order valence-electron chi connectivity index (χ0n) is 26.8. The Morgan fingerprint density at radius 1 is 0.400 bits per heavy atom. The van der Waals surface area contributed by atoms with Gasteiger partial charge in [-0.2, -0.15) is 0 Å². The van der Waals surface area contributed by atoms with Gasteiger partial charge in [0.1, 0.15) is 16.7 Å². The van der Waals surface area contributed by atoms with E-state index < -0.39 is 0 Å². The molecule has 8 aromatic carbocycles. The first-order chi connectivity index (χ1) is 24.8.